The maximum absolute atomic E-state index is 13.1. The molecule has 0 fully saturated rings. The molecule has 126 valence electrons. The van der Waals surface area contributed by atoms with Gasteiger partial charge in [0.05, 0.1) is 15.7 Å². The average molecular weight is 369 g/mol. The van der Waals surface area contributed by atoms with E-state index in [9.17, 15) is 19.3 Å². The van der Waals surface area contributed by atoms with Gasteiger partial charge in [-0.2, -0.15) is 0 Å². The van der Waals surface area contributed by atoms with Crippen molar-refractivity contribution < 1.29 is 14.1 Å². The third-order valence-corrected chi connectivity index (χ3v) is 4.63. The van der Waals surface area contributed by atoms with Crippen LogP contribution in [0.5, 0.6) is 0 Å². The third-order valence-electron chi connectivity index (χ3n) is 3.34. The molecule has 2 aromatic carbocycles. The molecule has 0 aliphatic carbocycles. The van der Waals surface area contributed by atoms with E-state index in [1.165, 1.54) is 24.3 Å². The molecule has 0 unspecified atom stereocenters. The smallest absolute Gasteiger partial charge is 0.293 e. The molecule has 0 bridgehead atoms. The number of amides is 1. The van der Waals surface area contributed by atoms with Crippen LogP contribution in [0.25, 0.3) is 0 Å². The van der Waals surface area contributed by atoms with Gasteiger partial charge in [0.25, 0.3) is 5.69 Å². The number of thioether (sulfide) groups is 1. The molecule has 0 atom stereocenters. The van der Waals surface area contributed by atoms with Crippen LogP contribution in [0.2, 0.25) is 5.02 Å². The molecule has 5 nitrogen and oxygen atoms in total. The molecule has 0 aliphatic rings. The lowest BCUT2D eigenvalue weighted by atomic mass is 10.1. The molecule has 1 N–H and O–H groups in total. The van der Waals surface area contributed by atoms with E-state index in [4.69, 9.17) is 11.6 Å². The standard InChI is InChI=1S/C16H14ClFN2O3S/c1-9-5-14(15(20(22)23)6-10(9)2)19-16(21)8-24-11-3-4-13(18)12(17)7-11/h3-7H,8H2,1-2H3,(H,19,21). The van der Waals surface area contributed by atoms with Crippen molar-refractivity contribution in [1.82, 2.24) is 0 Å². The first-order valence-corrected chi connectivity index (χ1v) is 8.27. The number of hydrogen-bond donors (Lipinski definition) is 1. The Morgan fingerprint density at radius 3 is 2.58 bits per heavy atom. The molecule has 0 aromatic heterocycles. The molecule has 24 heavy (non-hydrogen) atoms. The van der Waals surface area contributed by atoms with Crippen molar-refractivity contribution in [3.8, 4) is 0 Å². The van der Waals surface area contributed by atoms with Crippen LogP contribution >= 0.6 is 23.4 Å². The molecular weight excluding hydrogens is 355 g/mol. The van der Waals surface area contributed by atoms with E-state index in [-0.39, 0.29) is 22.2 Å². The molecule has 1 amide bonds. The van der Waals surface area contributed by atoms with Crippen molar-refractivity contribution in [1.29, 1.82) is 0 Å². The van der Waals surface area contributed by atoms with Crippen molar-refractivity contribution >= 4 is 40.6 Å². The predicted octanol–water partition coefficient (Wildman–Crippen LogP) is 4.73. The molecule has 0 heterocycles. The van der Waals surface area contributed by atoms with Crippen LogP contribution in [-0.4, -0.2) is 16.6 Å². The van der Waals surface area contributed by atoms with E-state index in [1.807, 2.05) is 6.92 Å². The first kappa shape index (κ1) is 18.2. The number of benzene rings is 2. The molecule has 2 rings (SSSR count). The van der Waals surface area contributed by atoms with E-state index in [1.54, 1.807) is 13.0 Å². The number of nitrogens with one attached hydrogen (secondary N) is 1. The van der Waals surface area contributed by atoms with Crippen molar-refractivity contribution in [2.75, 3.05) is 11.1 Å². The minimum Gasteiger partial charge on any atom is -0.320 e. The van der Waals surface area contributed by atoms with Crippen molar-refractivity contribution in [2.45, 2.75) is 18.7 Å². The summed E-state index contributed by atoms with van der Waals surface area (Å²) in [4.78, 5) is 23.3. The zero-order valence-corrected chi connectivity index (χ0v) is 14.5. The fourth-order valence-corrected chi connectivity index (χ4v) is 2.93. The Balaban J connectivity index is 2.08. The van der Waals surface area contributed by atoms with Crippen molar-refractivity contribution in [2.24, 2.45) is 0 Å². The maximum Gasteiger partial charge on any atom is 0.293 e. The summed E-state index contributed by atoms with van der Waals surface area (Å²) >= 11 is 6.84. The summed E-state index contributed by atoms with van der Waals surface area (Å²) in [6.45, 7) is 3.58. The molecule has 0 aliphatic heterocycles. The van der Waals surface area contributed by atoms with Gasteiger partial charge < -0.3 is 5.32 Å². The van der Waals surface area contributed by atoms with Crippen LogP contribution < -0.4 is 5.32 Å². The van der Waals surface area contributed by atoms with Gasteiger partial charge in [-0.3, -0.25) is 14.9 Å². The number of nitrogens with zero attached hydrogens (tertiary/aromatic N) is 1. The van der Waals surface area contributed by atoms with Gasteiger partial charge in [0.15, 0.2) is 0 Å². The third kappa shape index (κ3) is 4.46. The van der Waals surface area contributed by atoms with Gasteiger partial charge in [-0.15, -0.1) is 11.8 Å². The van der Waals surface area contributed by atoms with E-state index in [0.29, 0.717) is 4.90 Å². The normalized spacial score (nSPS) is 10.5. The number of halogens is 2. The second-order valence-electron chi connectivity index (χ2n) is 5.12. The Labute approximate surface area is 147 Å². The average Bonchev–Trinajstić information content (AvgIpc) is 2.51. The van der Waals surface area contributed by atoms with Crippen molar-refractivity contribution in [3.05, 3.63) is 62.4 Å². The maximum atomic E-state index is 13.1. The number of carbonyl (C=O) groups is 1. The van der Waals surface area contributed by atoms with E-state index < -0.39 is 16.6 Å². The first-order chi connectivity index (χ1) is 11.3. The number of aryl methyl sites for hydroxylation is 2. The summed E-state index contributed by atoms with van der Waals surface area (Å²) in [7, 11) is 0. The highest BCUT2D eigenvalue weighted by Gasteiger charge is 2.17. The van der Waals surface area contributed by atoms with Gasteiger partial charge in [0.1, 0.15) is 11.5 Å². The summed E-state index contributed by atoms with van der Waals surface area (Å²) in [6, 6.07) is 7.16. The molecule has 0 saturated heterocycles. The number of nitro benzene ring substituents is 1. The summed E-state index contributed by atoms with van der Waals surface area (Å²) in [5.41, 5.74) is 1.62. The van der Waals surface area contributed by atoms with Gasteiger partial charge >= 0.3 is 0 Å². The van der Waals surface area contributed by atoms with Crippen LogP contribution in [0.15, 0.2) is 35.2 Å². The van der Waals surface area contributed by atoms with Crippen LogP contribution in [0, 0.1) is 29.8 Å². The Kier molecular flexibility index (Phi) is 5.80. The zero-order chi connectivity index (χ0) is 17.9. The highest BCUT2D eigenvalue weighted by molar-refractivity contribution is 8.00. The van der Waals surface area contributed by atoms with E-state index in [0.717, 1.165) is 22.9 Å². The van der Waals surface area contributed by atoms with Gasteiger partial charge in [-0.25, -0.2) is 4.39 Å². The summed E-state index contributed by atoms with van der Waals surface area (Å²) in [5.74, 6) is -0.908. The lowest BCUT2D eigenvalue weighted by molar-refractivity contribution is -0.384. The predicted molar refractivity (Wildman–Crippen MR) is 93.3 cm³/mol. The topological polar surface area (TPSA) is 72.2 Å². The van der Waals surface area contributed by atoms with Crippen LogP contribution in [-0.2, 0) is 4.79 Å². The highest BCUT2D eigenvalue weighted by atomic mass is 35.5. The molecular formula is C16H14ClFN2O3S. The lowest BCUT2D eigenvalue weighted by Gasteiger charge is -2.09. The Morgan fingerprint density at radius 1 is 1.29 bits per heavy atom. The van der Waals surface area contributed by atoms with Gasteiger partial charge in [0, 0.05) is 11.0 Å². The lowest BCUT2D eigenvalue weighted by Crippen LogP contribution is -2.15. The van der Waals surface area contributed by atoms with Crippen LogP contribution in [0.3, 0.4) is 0 Å². The number of anilines is 1. The van der Waals surface area contributed by atoms with E-state index >= 15 is 0 Å². The van der Waals surface area contributed by atoms with Crippen LogP contribution in [0.4, 0.5) is 15.8 Å². The molecule has 8 heteroatoms. The minimum atomic E-state index is -0.533. The fraction of sp³-hybridized carbons (Fsp3) is 0.188. The Morgan fingerprint density at radius 2 is 1.96 bits per heavy atom. The largest absolute Gasteiger partial charge is 0.320 e. The summed E-state index contributed by atoms with van der Waals surface area (Å²) in [5, 5.41) is 13.6. The SMILES string of the molecule is Cc1cc(NC(=O)CSc2ccc(F)c(Cl)c2)c([N+](=O)[O-])cc1C. The second-order valence-corrected chi connectivity index (χ2v) is 6.58. The van der Waals surface area contributed by atoms with E-state index in [2.05, 4.69) is 5.32 Å². The minimum absolute atomic E-state index is 0.0199. The van der Waals surface area contributed by atoms with Gasteiger partial charge in [0.2, 0.25) is 5.91 Å². The fourth-order valence-electron chi connectivity index (χ4n) is 1.95. The van der Waals surface area contributed by atoms with Gasteiger partial charge in [-0.1, -0.05) is 11.6 Å². The Hall–Kier alpha value is -2.12. The summed E-state index contributed by atoms with van der Waals surface area (Å²) in [6.07, 6.45) is 0. The molecule has 0 saturated carbocycles. The van der Waals surface area contributed by atoms with Crippen molar-refractivity contribution in [3.63, 3.8) is 0 Å². The monoisotopic (exact) mass is 368 g/mol. The molecule has 0 radical (unpaired) electrons. The zero-order valence-electron chi connectivity index (χ0n) is 12.9. The summed E-state index contributed by atoms with van der Waals surface area (Å²) < 4.78 is 13.1. The quantitative estimate of drug-likeness (QED) is 0.470. The molecule has 2 aromatic rings. The van der Waals surface area contributed by atoms with Gasteiger partial charge in [-0.05, 0) is 49.2 Å². The number of carbonyl (C=O) groups excluding carboxylic acids is 1. The number of nitro groups is 1. The number of hydrogen-bond acceptors (Lipinski definition) is 4. The second kappa shape index (κ2) is 7.63. The molecule has 0 spiro atoms. The number of rotatable bonds is 5. The highest BCUT2D eigenvalue weighted by Crippen LogP contribution is 2.29. The first-order valence-electron chi connectivity index (χ1n) is 6.91. The Bertz CT molecular complexity index is 814. The van der Waals surface area contributed by atoms with Crippen LogP contribution in [0.1, 0.15) is 11.1 Å².